The van der Waals surface area contributed by atoms with E-state index >= 15 is 0 Å². The van der Waals surface area contributed by atoms with Gasteiger partial charge in [-0.15, -0.1) is 0 Å². The molecule has 2 atom stereocenters. The van der Waals surface area contributed by atoms with E-state index < -0.39 is 11.4 Å². The third-order valence-electron chi connectivity index (χ3n) is 4.72. The number of nitrogens with two attached hydrogens (primary N) is 2. The van der Waals surface area contributed by atoms with Crippen molar-refractivity contribution < 1.29 is 4.79 Å². The van der Waals surface area contributed by atoms with Crippen LogP contribution >= 0.6 is 0 Å². The van der Waals surface area contributed by atoms with Gasteiger partial charge in [0.05, 0.1) is 0 Å². The van der Waals surface area contributed by atoms with Gasteiger partial charge in [0.25, 0.3) is 0 Å². The third kappa shape index (κ3) is 3.83. The molecule has 0 saturated carbocycles. The predicted molar refractivity (Wildman–Crippen MR) is 85.6 cm³/mol. The van der Waals surface area contributed by atoms with Crippen molar-refractivity contribution in [2.24, 2.45) is 17.4 Å². The summed E-state index contributed by atoms with van der Waals surface area (Å²) in [5.74, 6) is 0.345. The third-order valence-corrected chi connectivity index (χ3v) is 4.72. The molecule has 0 radical (unpaired) electrons. The van der Waals surface area contributed by atoms with Gasteiger partial charge in [0.1, 0.15) is 5.54 Å². The number of primary amides is 1. The first-order chi connectivity index (χ1) is 10.1. The summed E-state index contributed by atoms with van der Waals surface area (Å²) in [4.78, 5) is 14.3. The van der Waals surface area contributed by atoms with Crippen LogP contribution in [0.4, 0.5) is 0 Å². The van der Waals surface area contributed by atoms with Crippen LogP contribution in [-0.2, 0) is 10.3 Å². The van der Waals surface area contributed by atoms with E-state index in [0.717, 1.165) is 24.6 Å². The Bertz CT molecular complexity index is 462. The van der Waals surface area contributed by atoms with Crippen molar-refractivity contribution in [2.45, 2.75) is 38.1 Å². The van der Waals surface area contributed by atoms with Crippen molar-refractivity contribution >= 4 is 5.91 Å². The molecule has 1 aromatic rings. The van der Waals surface area contributed by atoms with E-state index in [1.165, 1.54) is 25.7 Å². The van der Waals surface area contributed by atoms with Crippen molar-refractivity contribution in [3.63, 3.8) is 0 Å². The van der Waals surface area contributed by atoms with Gasteiger partial charge in [-0.25, -0.2) is 0 Å². The van der Waals surface area contributed by atoms with Crippen LogP contribution in [0.25, 0.3) is 0 Å². The molecule has 1 heterocycles. The molecule has 4 heteroatoms. The van der Waals surface area contributed by atoms with E-state index in [9.17, 15) is 4.79 Å². The number of nitrogens with zero attached hydrogens (tertiary/aromatic N) is 1. The fourth-order valence-electron chi connectivity index (χ4n) is 3.19. The van der Waals surface area contributed by atoms with Gasteiger partial charge >= 0.3 is 0 Å². The van der Waals surface area contributed by atoms with Gasteiger partial charge in [0, 0.05) is 6.54 Å². The van der Waals surface area contributed by atoms with E-state index in [1.54, 1.807) is 0 Å². The lowest BCUT2D eigenvalue weighted by atomic mass is 9.89. The topological polar surface area (TPSA) is 72.3 Å². The van der Waals surface area contributed by atoms with Gasteiger partial charge < -0.3 is 16.4 Å². The lowest BCUT2D eigenvalue weighted by Crippen LogP contribution is -2.56. The molecule has 1 saturated heterocycles. The van der Waals surface area contributed by atoms with Gasteiger partial charge in [-0.05, 0) is 43.8 Å². The van der Waals surface area contributed by atoms with E-state index in [4.69, 9.17) is 11.5 Å². The number of amides is 1. The second-order valence-corrected chi connectivity index (χ2v) is 6.18. The average Bonchev–Trinajstić information content (AvgIpc) is 2.73. The van der Waals surface area contributed by atoms with Gasteiger partial charge in [0.2, 0.25) is 5.91 Å². The molecule has 1 fully saturated rings. The Hall–Kier alpha value is -1.39. The highest BCUT2D eigenvalue weighted by atomic mass is 16.1. The monoisotopic (exact) mass is 289 g/mol. The number of carbonyl (C=O) groups excluding carboxylic acids is 1. The van der Waals surface area contributed by atoms with Crippen molar-refractivity contribution in [3.05, 3.63) is 35.9 Å². The molecule has 2 rings (SSSR count). The zero-order valence-electron chi connectivity index (χ0n) is 12.9. The van der Waals surface area contributed by atoms with Crippen molar-refractivity contribution in [1.82, 2.24) is 4.90 Å². The predicted octanol–water partition coefficient (Wildman–Crippen LogP) is 1.84. The van der Waals surface area contributed by atoms with Crippen molar-refractivity contribution in [2.75, 3.05) is 19.6 Å². The molecular formula is C17H27N3O. The first-order valence-corrected chi connectivity index (χ1v) is 7.93. The molecule has 4 N–H and O–H groups in total. The Morgan fingerprint density at radius 1 is 1.29 bits per heavy atom. The van der Waals surface area contributed by atoms with Crippen LogP contribution in [-0.4, -0.2) is 30.4 Å². The maximum Gasteiger partial charge on any atom is 0.243 e. The van der Waals surface area contributed by atoms with Crippen LogP contribution < -0.4 is 11.5 Å². The Morgan fingerprint density at radius 2 is 2.00 bits per heavy atom. The Balaban J connectivity index is 2.12. The fourth-order valence-corrected chi connectivity index (χ4v) is 3.19. The van der Waals surface area contributed by atoms with Crippen LogP contribution in [0.5, 0.6) is 0 Å². The molecule has 1 aliphatic heterocycles. The quantitative estimate of drug-likeness (QED) is 0.868. The molecule has 0 aliphatic carbocycles. The van der Waals surface area contributed by atoms with Crippen LogP contribution in [0.2, 0.25) is 0 Å². The van der Waals surface area contributed by atoms with E-state index in [0.29, 0.717) is 6.54 Å². The average molecular weight is 289 g/mol. The first-order valence-electron chi connectivity index (χ1n) is 7.93. The van der Waals surface area contributed by atoms with Gasteiger partial charge in [-0.3, -0.25) is 4.79 Å². The zero-order valence-corrected chi connectivity index (χ0v) is 12.9. The highest BCUT2D eigenvalue weighted by molar-refractivity contribution is 5.86. The molecule has 21 heavy (non-hydrogen) atoms. The molecule has 4 nitrogen and oxygen atoms in total. The Kier molecular flexibility index (Phi) is 5.37. The van der Waals surface area contributed by atoms with Gasteiger partial charge in [-0.1, -0.05) is 43.7 Å². The highest BCUT2D eigenvalue weighted by Crippen LogP contribution is 2.24. The summed E-state index contributed by atoms with van der Waals surface area (Å²) in [5.41, 5.74) is 11.7. The van der Waals surface area contributed by atoms with Crippen molar-refractivity contribution in [3.8, 4) is 0 Å². The molecule has 1 aliphatic rings. The maximum atomic E-state index is 12.0. The summed E-state index contributed by atoms with van der Waals surface area (Å²) >= 11 is 0. The van der Waals surface area contributed by atoms with E-state index in [2.05, 4.69) is 11.8 Å². The highest BCUT2D eigenvalue weighted by Gasteiger charge is 2.36. The number of benzene rings is 1. The van der Waals surface area contributed by atoms with Crippen LogP contribution in [0, 0.1) is 5.92 Å². The SMILES string of the molecule is CCC1CCCN(CC(N)(C(N)=O)c2ccccc2)CC1. The van der Waals surface area contributed by atoms with Gasteiger partial charge in [0.15, 0.2) is 0 Å². The molecule has 1 amide bonds. The molecule has 0 bridgehead atoms. The van der Waals surface area contributed by atoms with Gasteiger partial charge in [-0.2, -0.15) is 0 Å². The summed E-state index contributed by atoms with van der Waals surface area (Å²) in [5, 5.41) is 0. The van der Waals surface area contributed by atoms with E-state index in [1.807, 2.05) is 30.3 Å². The number of carbonyl (C=O) groups is 1. The first kappa shape index (κ1) is 16.0. The Morgan fingerprint density at radius 3 is 2.62 bits per heavy atom. The molecular weight excluding hydrogens is 262 g/mol. The van der Waals surface area contributed by atoms with Crippen LogP contribution in [0.1, 0.15) is 38.2 Å². The molecule has 0 aromatic heterocycles. The molecule has 0 spiro atoms. The van der Waals surface area contributed by atoms with Crippen molar-refractivity contribution in [1.29, 1.82) is 0 Å². The molecule has 116 valence electrons. The second kappa shape index (κ2) is 7.05. The second-order valence-electron chi connectivity index (χ2n) is 6.18. The lowest BCUT2D eigenvalue weighted by molar-refractivity contribution is -0.124. The summed E-state index contributed by atoms with van der Waals surface area (Å²) in [6.07, 6.45) is 4.85. The number of likely N-dealkylation sites (tertiary alicyclic amines) is 1. The fraction of sp³-hybridized carbons (Fsp3) is 0.588. The Labute approximate surface area is 127 Å². The van der Waals surface area contributed by atoms with Crippen LogP contribution in [0.15, 0.2) is 30.3 Å². The normalized spacial score (nSPS) is 23.2. The zero-order chi connectivity index (χ0) is 15.3. The largest absolute Gasteiger partial charge is 0.368 e. The molecule has 1 aromatic carbocycles. The van der Waals surface area contributed by atoms with Crippen LogP contribution in [0.3, 0.4) is 0 Å². The number of hydrogen-bond acceptors (Lipinski definition) is 3. The summed E-state index contributed by atoms with van der Waals surface area (Å²) in [6.45, 7) is 4.75. The number of rotatable bonds is 5. The summed E-state index contributed by atoms with van der Waals surface area (Å²) in [7, 11) is 0. The van der Waals surface area contributed by atoms with E-state index in [-0.39, 0.29) is 0 Å². The molecule has 2 unspecified atom stereocenters. The number of hydrogen-bond donors (Lipinski definition) is 2. The minimum atomic E-state index is -1.10. The minimum Gasteiger partial charge on any atom is -0.368 e. The summed E-state index contributed by atoms with van der Waals surface area (Å²) in [6, 6.07) is 9.49. The standard InChI is InChI=1S/C17H27N3O/c1-2-14-7-6-11-20(12-10-14)13-17(19,16(18)21)15-8-4-3-5-9-15/h3-5,8-9,14H,2,6-7,10-13,19H2,1H3,(H2,18,21). The lowest BCUT2D eigenvalue weighted by Gasteiger charge is -2.33. The minimum absolute atomic E-state index is 0.454. The maximum absolute atomic E-state index is 12.0. The summed E-state index contributed by atoms with van der Waals surface area (Å²) < 4.78 is 0. The smallest absolute Gasteiger partial charge is 0.243 e.